The number of aliphatic hydroxyl groups excluding tert-OH is 1. The van der Waals surface area contributed by atoms with E-state index in [1.54, 1.807) is 0 Å². The number of esters is 9. The molecule has 0 saturated carbocycles. The van der Waals surface area contributed by atoms with Crippen molar-refractivity contribution < 1.29 is 110 Å². The van der Waals surface area contributed by atoms with Crippen LogP contribution in [0.1, 0.15) is 62.3 Å². The molecule has 2 aliphatic rings. The predicted octanol–water partition coefficient (Wildman–Crippen LogP) is 0.404. The van der Waals surface area contributed by atoms with Crippen LogP contribution in [0.5, 0.6) is 23.0 Å². The molecule has 2 aromatic carbocycles. The first-order chi connectivity index (χ1) is 30.5. The lowest BCUT2D eigenvalue weighted by molar-refractivity contribution is -0.291. The number of hydrogen-bond donors (Lipinski definition) is 1. The standard InChI is InChI=1S/C41H46O24/c1-16(42)53-14-28-32(52)36(58-21(6)47)38(60-23(8)49)41(63-28)65-33-27(13-25-11-10-12-26(55-18(3)44)31(51)30(25)35(33)57-20(5)46)62-40-39(61-24(9)50)37(59-22(7)48)34(56-19(4)45)29(64-40)15-54-17(2)43/h10-13,28-29,32,34,36-41,52H,14-15H2,1-9H3/t28-,29-,32-,34-,36+,37+,38-,39-,40-,41+/m1/s1. The van der Waals surface area contributed by atoms with E-state index in [4.69, 9.17) is 61.6 Å². The van der Waals surface area contributed by atoms with Gasteiger partial charge in [-0.25, -0.2) is 0 Å². The van der Waals surface area contributed by atoms with Crippen LogP contribution < -0.4 is 24.4 Å². The Morgan fingerprint density at radius 3 is 1.49 bits per heavy atom. The molecule has 2 fully saturated rings. The fourth-order valence-corrected chi connectivity index (χ4v) is 6.61. The van der Waals surface area contributed by atoms with Crippen LogP contribution in [0.3, 0.4) is 0 Å². The van der Waals surface area contributed by atoms with Gasteiger partial charge in [-0.15, -0.1) is 0 Å². The van der Waals surface area contributed by atoms with Crippen molar-refractivity contribution in [1.82, 2.24) is 0 Å². The molecule has 2 aromatic rings. The summed E-state index contributed by atoms with van der Waals surface area (Å²) >= 11 is 0. The predicted molar refractivity (Wildman–Crippen MR) is 208 cm³/mol. The van der Waals surface area contributed by atoms with E-state index in [1.165, 1.54) is 12.1 Å². The van der Waals surface area contributed by atoms with Crippen LogP contribution in [0, 0.1) is 0 Å². The maximum Gasteiger partial charge on any atom is 0.308 e. The van der Waals surface area contributed by atoms with E-state index < -0.39 is 162 Å². The fraction of sp³-hybridized carbons (Fsp3) is 0.512. The van der Waals surface area contributed by atoms with Crippen molar-refractivity contribution in [3.8, 4) is 23.0 Å². The van der Waals surface area contributed by atoms with Gasteiger partial charge in [0.15, 0.2) is 35.6 Å². The summed E-state index contributed by atoms with van der Waals surface area (Å²) in [6, 6.07) is 4.74. The van der Waals surface area contributed by atoms with Crippen molar-refractivity contribution in [1.29, 1.82) is 0 Å². The summed E-state index contributed by atoms with van der Waals surface area (Å²) in [5.41, 5.74) is -1.08. The molecule has 2 saturated heterocycles. The molecule has 2 aliphatic heterocycles. The van der Waals surface area contributed by atoms with E-state index in [1.807, 2.05) is 0 Å². The normalized spacial score (nSPS) is 24.8. The number of rotatable bonds is 15. The van der Waals surface area contributed by atoms with Crippen molar-refractivity contribution in [2.24, 2.45) is 0 Å². The molecule has 0 spiro atoms. The Bertz CT molecular complexity index is 2250. The second-order valence-corrected chi connectivity index (χ2v) is 14.2. The SMILES string of the molecule is CC(=O)OC[C@H]1O[C@@H](Oc2c(O[C@@H]3O[C@H](COC(C)=O)[C@@H](OC(C)=O)[C@H](OC(C)=O)[C@H]3OC(C)=O)cc3cccc(OC(C)=O)c(=O)c3c2OC(C)=O)[C@H](OC(C)=O)[C@@H](OC(C)=O)[C@@H]1O. The molecular weight excluding hydrogens is 876 g/mol. The van der Waals surface area contributed by atoms with Crippen LogP contribution in [0.25, 0.3) is 10.8 Å². The summed E-state index contributed by atoms with van der Waals surface area (Å²) in [5.74, 6) is -11.5. The van der Waals surface area contributed by atoms with Gasteiger partial charge in [-0.2, -0.15) is 0 Å². The van der Waals surface area contributed by atoms with Crippen LogP contribution in [0.15, 0.2) is 29.1 Å². The molecule has 0 aliphatic carbocycles. The molecule has 10 atom stereocenters. The number of carbonyl (C=O) groups is 9. The Morgan fingerprint density at radius 2 is 0.969 bits per heavy atom. The zero-order valence-corrected chi connectivity index (χ0v) is 36.3. The van der Waals surface area contributed by atoms with Crippen molar-refractivity contribution in [2.75, 3.05) is 13.2 Å². The lowest BCUT2D eigenvalue weighted by Crippen LogP contribution is -2.63. The van der Waals surface area contributed by atoms with Gasteiger partial charge in [0.1, 0.15) is 31.5 Å². The minimum atomic E-state index is -2.09. The zero-order valence-electron chi connectivity index (χ0n) is 36.3. The van der Waals surface area contributed by atoms with Gasteiger partial charge >= 0.3 is 53.7 Å². The number of aliphatic hydroxyl groups is 1. The van der Waals surface area contributed by atoms with Crippen LogP contribution in [-0.2, 0) is 85.8 Å². The van der Waals surface area contributed by atoms with E-state index >= 15 is 0 Å². The third kappa shape index (κ3) is 13.5. The Hall–Kier alpha value is -6.92. The van der Waals surface area contributed by atoms with E-state index in [2.05, 4.69) is 0 Å². The summed E-state index contributed by atoms with van der Waals surface area (Å²) in [6.45, 7) is 7.46. The van der Waals surface area contributed by atoms with Crippen molar-refractivity contribution >= 4 is 64.5 Å². The Labute approximate surface area is 368 Å². The first kappa shape index (κ1) is 50.7. The highest BCUT2D eigenvalue weighted by atomic mass is 16.8. The lowest BCUT2D eigenvalue weighted by atomic mass is 9.98. The third-order valence-corrected chi connectivity index (χ3v) is 8.80. The molecule has 24 nitrogen and oxygen atoms in total. The molecule has 24 heteroatoms. The minimum Gasteiger partial charge on any atom is -0.463 e. The highest BCUT2D eigenvalue weighted by Gasteiger charge is 2.55. The van der Waals surface area contributed by atoms with Gasteiger partial charge in [-0.1, -0.05) is 12.1 Å². The quantitative estimate of drug-likeness (QED) is 0.144. The maximum atomic E-state index is 14.2. The van der Waals surface area contributed by atoms with Crippen molar-refractivity contribution in [2.45, 2.75) is 124 Å². The molecule has 354 valence electrons. The van der Waals surface area contributed by atoms with Gasteiger partial charge in [-0.3, -0.25) is 47.9 Å². The molecular formula is C41H46O24. The Morgan fingerprint density at radius 1 is 0.508 bits per heavy atom. The second kappa shape index (κ2) is 22.1. The number of fused-ring (bicyclic) bond motifs is 1. The summed E-state index contributed by atoms with van der Waals surface area (Å²) in [7, 11) is 0. The number of carbonyl (C=O) groups excluding carboxylic acids is 9. The van der Waals surface area contributed by atoms with Gasteiger partial charge in [-0.05, 0) is 17.5 Å². The smallest absolute Gasteiger partial charge is 0.308 e. The summed E-state index contributed by atoms with van der Waals surface area (Å²) in [5, 5.41) is 10.6. The van der Waals surface area contributed by atoms with Crippen molar-refractivity contribution in [3.05, 3.63) is 34.5 Å². The van der Waals surface area contributed by atoms with E-state index in [0.717, 1.165) is 74.4 Å². The molecule has 65 heavy (non-hydrogen) atoms. The molecule has 4 rings (SSSR count). The highest BCUT2D eigenvalue weighted by molar-refractivity contribution is 5.95. The Kier molecular flexibility index (Phi) is 17.3. The fourth-order valence-electron chi connectivity index (χ4n) is 6.61. The zero-order chi connectivity index (χ0) is 48.4. The van der Waals surface area contributed by atoms with Gasteiger partial charge in [0.2, 0.25) is 36.0 Å². The molecule has 0 aromatic heterocycles. The third-order valence-electron chi connectivity index (χ3n) is 8.80. The summed E-state index contributed by atoms with van der Waals surface area (Å²) in [6.07, 6.45) is -18.2. The van der Waals surface area contributed by atoms with Crippen LogP contribution in [-0.4, -0.2) is 133 Å². The molecule has 0 unspecified atom stereocenters. The van der Waals surface area contributed by atoms with E-state index in [-0.39, 0.29) is 5.39 Å². The van der Waals surface area contributed by atoms with Gasteiger partial charge < -0.3 is 66.7 Å². The monoisotopic (exact) mass is 922 g/mol. The molecule has 0 bridgehead atoms. The number of hydrogen-bond acceptors (Lipinski definition) is 24. The van der Waals surface area contributed by atoms with Crippen molar-refractivity contribution in [3.63, 3.8) is 0 Å². The topological polar surface area (TPSA) is 311 Å². The maximum absolute atomic E-state index is 14.2. The average Bonchev–Trinajstić information content (AvgIpc) is 3.32. The molecule has 1 N–H and O–H groups in total. The van der Waals surface area contributed by atoms with E-state index in [9.17, 15) is 53.1 Å². The lowest BCUT2D eigenvalue weighted by Gasteiger charge is -2.44. The molecule has 0 amide bonds. The number of ether oxygens (including phenoxy) is 13. The van der Waals surface area contributed by atoms with Crippen LogP contribution in [0.4, 0.5) is 0 Å². The minimum absolute atomic E-state index is 0.139. The van der Waals surface area contributed by atoms with Crippen LogP contribution in [0.2, 0.25) is 0 Å². The number of benzene rings is 1. The first-order valence-corrected chi connectivity index (χ1v) is 19.4. The second-order valence-electron chi connectivity index (χ2n) is 14.2. The van der Waals surface area contributed by atoms with E-state index in [0.29, 0.717) is 0 Å². The van der Waals surface area contributed by atoms with Crippen LogP contribution >= 0.6 is 0 Å². The summed E-state index contributed by atoms with van der Waals surface area (Å²) < 4.78 is 72.9. The molecule has 2 heterocycles. The highest BCUT2D eigenvalue weighted by Crippen LogP contribution is 2.46. The Balaban J connectivity index is 2.11. The van der Waals surface area contributed by atoms with Gasteiger partial charge in [0.25, 0.3) is 0 Å². The average molecular weight is 923 g/mol. The largest absolute Gasteiger partial charge is 0.463 e. The van der Waals surface area contributed by atoms with Gasteiger partial charge in [0, 0.05) is 62.3 Å². The van der Waals surface area contributed by atoms with Gasteiger partial charge in [0.05, 0.1) is 5.39 Å². The first-order valence-electron chi connectivity index (χ1n) is 19.4. The summed E-state index contributed by atoms with van der Waals surface area (Å²) in [4.78, 5) is 126. The molecule has 0 radical (unpaired) electrons.